The van der Waals surface area contributed by atoms with Gasteiger partial charge in [0, 0.05) is 16.5 Å². The summed E-state index contributed by atoms with van der Waals surface area (Å²) in [6.07, 6.45) is 2.24. The lowest BCUT2D eigenvalue weighted by Gasteiger charge is -2.26. The van der Waals surface area contributed by atoms with Gasteiger partial charge in [-0.15, -0.1) is 0 Å². The molecule has 1 heterocycles. The molecule has 6 rings (SSSR count). The van der Waals surface area contributed by atoms with Crippen LogP contribution in [0.25, 0.3) is 27.5 Å². The summed E-state index contributed by atoms with van der Waals surface area (Å²) in [7, 11) is 0. The van der Waals surface area contributed by atoms with Crippen molar-refractivity contribution >= 4 is 16.3 Å². The van der Waals surface area contributed by atoms with Gasteiger partial charge in [0.25, 0.3) is 0 Å². The summed E-state index contributed by atoms with van der Waals surface area (Å²) < 4.78 is 17.7. The minimum absolute atomic E-state index is 0.320. The molecule has 2 aliphatic rings. The maximum absolute atomic E-state index is 9.37. The minimum atomic E-state index is -0.804. The molecule has 0 saturated carbocycles. The highest BCUT2D eigenvalue weighted by Crippen LogP contribution is 2.52. The van der Waals surface area contributed by atoms with Crippen molar-refractivity contribution in [3.63, 3.8) is 0 Å². The monoisotopic (exact) mass is 450 g/mol. The Hall–Kier alpha value is -3.60. The maximum atomic E-state index is 9.37. The minimum Gasteiger partial charge on any atom is -0.491 e. The highest BCUT2D eigenvalue weighted by molar-refractivity contribution is 6.09. The van der Waals surface area contributed by atoms with Gasteiger partial charge >= 0.3 is 0 Å². The molecular weight excluding hydrogens is 424 g/mol. The molecule has 0 bridgehead atoms. The van der Waals surface area contributed by atoms with Crippen LogP contribution in [0.5, 0.6) is 11.5 Å². The highest BCUT2D eigenvalue weighted by atomic mass is 16.6. The topological polar surface area (TPSA) is 47.9 Å². The second-order valence-corrected chi connectivity index (χ2v) is 8.68. The van der Waals surface area contributed by atoms with E-state index in [-0.39, 0.29) is 0 Å². The van der Waals surface area contributed by atoms with Crippen molar-refractivity contribution in [3.8, 4) is 22.6 Å². The van der Waals surface area contributed by atoms with Crippen LogP contribution in [0.2, 0.25) is 0 Å². The molecule has 0 radical (unpaired) electrons. The fraction of sp³-hybridized carbons (Fsp3) is 0.200. The number of aliphatic hydroxyl groups excluding tert-OH is 1. The number of aliphatic hydroxyl groups is 1. The van der Waals surface area contributed by atoms with E-state index in [1.807, 2.05) is 18.2 Å². The van der Waals surface area contributed by atoms with Crippen LogP contribution in [-0.2, 0) is 11.2 Å². The lowest BCUT2D eigenvalue weighted by atomic mass is 9.85. The van der Waals surface area contributed by atoms with Crippen molar-refractivity contribution in [3.05, 3.63) is 101 Å². The second-order valence-electron chi connectivity index (χ2n) is 8.68. The largest absolute Gasteiger partial charge is 0.491 e. The first-order valence-corrected chi connectivity index (χ1v) is 11.7. The number of rotatable bonds is 6. The number of fused-ring (bicyclic) bond motifs is 8. The molecule has 4 heteroatoms. The third kappa shape index (κ3) is 3.47. The molecule has 1 aliphatic carbocycles. The Bertz CT molecular complexity index is 1420. The number of benzene rings is 4. The second kappa shape index (κ2) is 8.64. The van der Waals surface area contributed by atoms with Crippen LogP contribution in [0, 0.1) is 0 Å². The zero-order chi connectivity index (χ0) is 23.1. The third-order valence-electron chi connectivity index (χ3n) is 6.59. The van der Waals surface area contributed by atoms with Crippen molar-refractivity contribution in [1.82, 2.24) is 0 Å². The van der Waals surface area contributed by atoms with Crippen LogP contribution in [0.3, 0.4) is 0 Å². The number of ether oxygens (including phenoxy) is 3. The van der Waals surface area contributed by atoms with Gasteiger partial charge < -0.3 is 19.3 Å². The van der Waals surface area contributed by atoms with E-state index in [1.54, 1.807) is 6.92 Å². The van der Waals surface area contributed by atoms with Crippen molar-refractivity contribution in [2.24, 2.45) is 0 Å². The van der Waals surface area contributed by atoms with E-state index in [1.165, 1.54) is 27.6 Å². The highest BCUT2D eigenvalue weighted by Gasteiger charge is 2.31. The lowest BCUT2D eigenvalue weighted by Crippen LogP contribution is -2.14. The van der Waals surface area contributed by atoms with Gasteiger partial charge in [-0.25, -0.2) is 0 Å². The van der Waals surface area contributed by atoms with Crippen LogP contribution in [-0.4, -0.2) is 31.2 Å². The fourth-order valence-corrected chi connectivity index (χ4v) is 5.23. The smallest absolute Gasteiger partial charge is 0.151 e. The Labute approximate surface area is 199 Å². The van der Waals surface area contributed by atoms with Crippen LogP contribution in [0.15, 0.2) is 78.9 Å². The molecule has 0 fully saturated rings. The van der Waals surface area contributed by atoms with Gasteiger partial charge in [-0.1, -0.05) is 66.7 Å². The Balaban J connectivity index is 1.51. The number of hydrogen-bond acceptors (Lipinski definition) is 4. The summed E-state index contributed by atoms with van der Waals surface area (Å²) in [5, 5.41) is 11.7. The van der Waals surface area contributed by atoms with Crippen molar-refractivity contribution < 1.29 is 19.3 Å². The number of para-hydroxylation sites is 1. The quantitative estimate of drug-likeness (QED) is 0.256. The van der Waals surface area contributed by atoms with Crippen molar-refractivity contribution in [2.75, 3.05) is 19.8 Å². The summed E-state index contributed by atoms with van der Waals surface area (Å²) >= 11 is 0. The molecule has 0 amide bonds. The van der Waals surface area contributed by atoms with E-state index in [2.05, 4.69) is 60.7 Å². The van der Waals surface area contributed by atoms with E-state index in [9.17, 15) is 5.11 Å². The molecule has 1 N–H and O–H groups in total. The predicted molar refractivity (Wildman–Crippen MR) is 134 cm³/mol. The van der Waals surface area contributed by atoms with E-state index >= 15 is 0 Å². The first kappa shape index (κ1) is 21.0. The zero-order valence-electron chi connectivity index (χ0n) is 19.1. The van der Waals surface area contributed by atoms with Gasteiger partial charge in [0.2, 0.25) is 0 Å². The van der Waals surface area contributed by atoms with Gasteiger partial charge in [-0.2, -0.15) is 0 Å². The Morgan fingerprint density at radius 2 is 1.59 bits per heavy atom. The van der Waals surface area contributed by atoms with Gasteiger partial charge in [0.1, 0.15) is 24.7 Å². The summed E-state index contributed by atoms with van der Waals surface area (Å²) in [4.78, 5) is 0. The van der Waals surface area contributed by atoms with Crippen LogP contribution >= 0.6 is 0 Å². The molecule has 1 atom stereocenters. The molecule has 4 aromatic carbocycles. The summed E-state index contributed by atoms with van der Waals surface area (Å²) in [5.41, 5.74) is 8.62. The fourth-order valence-electron chi connectivity index (χ4n) is 5.23. The van der Waals surface area contributed by atoms with Gasteiger partial charge in [-0.05, 0) is 58.7 Å². The van der Waals surface area contributed by atoms with Crippen molar-refractivity contribution in [1.29, 1.82) is 0 Å². The van der Waals surface area contributed by atoms with E-state index < -0.39 is 6.29 Å². The molecule has 4 nitrogen and oxygen atoms in total. The predicted octanol–water partition coefficient (Wildman–Crippen LogP) is 5.97. The standard InChI is InChI=1S/C30H26O4/c1-19(31)32-16-17-33-27-13-7-6-10-22(27)24-14-15-34-30-25-12-5-4-11-23(25)28-21-9-3-2-8-20(21)18-26(28)29(24)30/h2-14,19,31H,15-18H2,1H3. The molecule has 0 aromatic heterocycles. The van der Waals surface area contributed by atoms with Crippen LogP contribution < -0.4 is 9.47 Å². The molecule has 0 saturated heterocycles. The molecule has 170 valence electrons. The Kier molecular flexibility index (Phi) is 5.33. The van der Waals surface area contributed by atoms with Crippen LogP contribution in [0.4, 0.5) is 0 Å². The Morgan fingerprint density at radius 1 is 0.853 bits per heavy atom. The third-order valence-corrected chi connectivity index (χ3v) is 6.59. The molecule has 4 aromatic rings. The maximum Gasteiger partial charge on any atom is 0.151 e. The zero-order valence-corrected chi connectivity index (χ0v) is 19.1. The average molecular weight is 451 g/mol. The van der Waals surface area contributed by atoms with Gasteiger partial charge in [-0.3, -0.25) is 0 Å². The SMILES string of the molecule is CC(O)OCCOc1ccccc1C1=CCOc2c1c1c(c3ccccc23)-c2ccccc2C1. The van der Waals surface area contributed by atoms with Crippen LogP contribution in [0.1, 0.15) is 29.2 Å². The van der Waals surface area contributed by atoms with E-state index in [0.717, 1.165) is 40.0 Å². The lowest BCUT2D eigenvalue weighted by molar-refractivity contribution is -0.0913. The first-order valence-electron chi connectivity index (χ1n) is 11.7. The molecular formula is C30H26O4. The molecule has 34 heavy (non-hydrogen) atoms. The number of hydrogen-bond donors (Lipinski definition) is 1. The van der Waals surface area contributed by atoms with Gasteiger partial charge in [0.05, 0.1) is 6.61 Å². The van der Waals surface area contributed by atoms with Crippen molar-refractivity contribution in [2.45, 2.75) is 19.6 Å². The molecule has 1 aliphatic heterocycles. The first-order chi connectivity index (χ1) is 16.7. The summed E-state index contributed by atoms with van der Waals surface area (Å²) in [6, 6.07) is 25.4. The summed E-state index contributed by atoms with van der Waals surface area (Å²) in [6.45, 7) is 2.79. The van der Waals surface area contributed by atoms with Gasteiger partial charge in [0.15, 0.2) is 6.29 Å². The molecule has 0 spiro atoms. The normalized spacial score (nSPS) is 14.6. The summed E-state index contributed by atoms with van der Waals surface area (Å²) in [5.74, 6) is 1.75. The molecule has 1 unspecified atom stereocenters. The average Bonchev–Trinajstić information content (AvgIpc) is 3.26. The van der Waals surface area contributed by atoms with E-state index in [0.29, 0.717) is 19.8 Å². The van der Waals surface area contributed by atoms with E-state index in [4.69, 9.17) is 14.2 Å². The Morgan fingerprint density at radius 3 is 2.44 bits per heavy atom.